The minimum Gasteiger partial charge on any atom is -0.258 e. The summed E-state index contributed by atoms with van der Waals surface area (Å²) in [4.78, 5) is 10.3. The third-order valence-corrected chi connectivity index (χ3v) is 6.29. The standard InChI is InChI=1S/C14H15NO2P/c1-18(2,13-6-4-3-5-7-13)14-10-8-12(9-11-14)15(16)17/h3-11H,1-2H3/q+1. The van der Waals surface area contributed by atoms with Crippen LogP contribution in [0.4, 0.5) is 5.69 Å². The highest BCUT2D eigenvalue weighted by Crippen LogP contribution is 2.48. The Kier molecular flexibility index (Phi) is 3.44. The first kappa shape index (κ1) is 12.7. The minimum absolute atomic E-state index is 0.145. The lowest BCUT2D eigenvalue weighted by Gasteiger charge is -2.17. The zero-order chi connectivity index (χ0) is 13.2. The van der Waals surface area contributed by atoms with Gasteiger partial charge >= 0.3 is 0 Å². The monoisotopic (exact) mass is 260 g/mol. The third-order valence-electron chi connectivity index (χ3n) is 3.11. The molecule has 18 heavy (non-hydrogen) atoms. The zero-order valence-electron chi connectivity index (χ0n) is 10.4. The molecule has 92 valence electrons. The van der Waals surface area contributed by atoms with Gasteiger partial charge in [-0.2, -0.15) is 0 Å². The molecule has 0 atom stereocenters. The second kappa shape index (κ2) is 4.87. The van der Waals surface area contributed by atoms with Crippen molar-refractivity contribution in [3.05, 3.63) is 64.7 Å². The van der Waals surface area contributed by atoms with E-state index >= 15 is 0 Å². The fourth-order valence-corrected chi connectivity index (χ4v) is 4.01. The number of nitrogens with zero attached hydrogens (tertiary/aromatic N) is 1. The summed E-state index contributed by atoms with van der Waals surface area (Å²) in [6.07, 6.45) is 0. The summed E-state index contributed by atoms with van der Waals surface area (Å²) in [6.45, 7) is 4.45. The van der Waals surface area contributed by atoms with Crippen LogP contribution < -0.4 is 10.6 Å². The molecule has 2 aromatic carbocycles. The molecule has 2 rings (SSSR count). The maximum absolute atomic E-state index is 10.6. The van der Waals surface area contributed by atoms with E-state index in [0.717, 1.165) is 0 Å². The number of hydrogen-bond acceptors (Lipinski definition) is 2. The van der Waals surface area contributed by atoms with E-state index in [4.69, 9.17) is 0 Å². The van der Waals surface area contributed by atoms with Gasteiger partial charge in [0, 0.05) is 12.1 Å². The van der Waals surface area contributed by atoms with Crippen molar-refractivity contribution in [3.8, 4) is 0 Å². The molecule has 0 heterocycles. The summed E-state index contributed by atoms with van der Waals surface area (Å²) in [5.41, 5.74) is 0.145. The smallest absolute Gasteiger partial charge is 0.258 e. The molecule has 0 aliphatic carbocycles. The van der Waals surface area contributed by atoms with E-state index < -0.39 is 7.26 Å². The van der Waals surface area contributed by atoms with Gasteiger partial charge in [0.2, 0.25) is 0 Å². The van der Waals surface area contributed by atoms with Crippen molar-refractivity contribution in [2.45, 2.75) is 0 Å². The fourth-order valence-electron chi connectivity index (χ4n) is 1.90. The van der Waals surface area contributed by atoms with Crippen LogP contribution in [0.1, 0.15) is 0 Å². The maximum Gasteiger partial charge on any atom is 0.269 e. The highest BCUT2D eigenvalue weighted by molar-refractivity contribution is 7.88. The first-order valence-corrected chi connectivity index (χ1v) is 8.35. The van der Waals surface area contributed by atoms with Crippen molar-refractivity contribution in [2.24, 2.45) is 0 Å². The van der Waals surface area contributed by atoms with Gasteiger partial charge in [0.05, 0.1) is 36.1 Å². The predicted octanol–water partition coefficient (Wildman–Crippen LogP) is 2.82. The zero-order valence-corrected chi connectivity index (χ0v) is 11.3. The molecule has 0 unspecified atom stereocenters. The van der Waals surface area contributed by atoms with Gasteiger partial charge in [0.15, 0.2) is 0 Å². The SMILES string of the molecule is C[P+](C)(c1ccccc1)c1ccc([N+](=O)[O-])cc1. The molecule has 0 aliphatic rings. The van der Waals surface area contributed by atoms with Crippen molar-refractivity contribution in [1.29, 1.82) is 0 Å². The van der Waals surface area contributed by atoms with Crippen molar-refractivity contribution in [1.82, 2.24) is 0 Å². The Morgan fingerprint density at radius 3 is 1.89 bits per heavy atom. The van der Waals surface area contributed by atoms with Crippen LogP contribution in [0, 0.1) is 10.1 Å². The van der Waals surface area contributed by atoms with E-state index in [1.807, 2.05) is 30.3 Å². The number of nitro benzene ring substituents is 1. The van der Waals surface area contributed by atoms with Crippen LogP contribution in [0.2, 0.25) is 0 Å². The lowest BCUT2D eigenvalue weighted by Crippen LogP contribution is -2.20. The minimum atomic E-state index is -1.42. The highest BCUT2D eigenvalue weighted by atomic mass is 31.2. The van der Waals surface area contributed by atoms with Crippen LogP contribution in [0.3, 0.4) is 0 Å². The van der Waals surface area contributed by atoms with Gasteiger partial charge in [-0.15, -0.1) is 0 Å². The van der Waals surface area contributed by atoms with E-state index in [9.17, 15) is 10.1 Å². The molecule has 0 bridgehead atoms. The lowest BCUT2D eigenvalue weighted by atomic mass is 10.3. The van der Waals surface area contributed by atoms with Gasteiger partial charge < -0.3 is 0 Å². The van der Waals surface area contributed by atoms with Crippen molar-refractivity contribution in [2.75, 3.05) is 13.3 Å². The molecule has 0 fully saturated rings. The van der Waals surface area contributed by atoms with Crippen LogP contribution >= 0.6 is 7.26 Å². The molecule has 0 spiro atoms. The van der Waals surface area contributed by atoms with Gasteiger partial charge in [0.1, 0.15) is 0 Å². The Bertz CT molecular complexity index is 550. The van der Waals surface area contributed by atoms with Crippen LogP contribution in [-0.4, -0.2) is 18.3 Å². The molecule has 4 heteroatoms. The van der Waals surface area contributed by atoms with E-state index in [0.29, 0.717) is 0 Å². The quantitative estimate of drug-likeness (QED) is 0.484. The van der Waals surface area contributed by atoms with Gasteiger partial charge in [-0.1, -0.05) is 18.2 Å². The fraction of sp³-hybridized carbons (Fsp3) is 0.143. The predicted molar refractivity (Wildman–Crippen MR) is 77.6 cm³/mol. The molecule has 0 amide bonds. The Labute approximate surface area is 107 Å². The second-order valence-electron chi connectivity index (χ2n) is 4.56. The third kappa shape index (κ3) is 2.41. The molecule has 0 saturated heterocycles. The summed E-state index contributed by atoms with van der Waals surface area (Å²) in [5.74, 6) is 0. The second-order valence-corrected chi connectivity index (χ2v) is 8.50. The molecule has 2 aromatic rings. The Hall–Kier alpha value is -1.73. The van der Waals surface area contributed by atoms with Gasteiger partial charge in [-0.3, -0.25) is 10.1 Å². The van der Waals surface area contributed by atoms with Crippen molar-refractivity contribution < 1.29 is 4.92 Å². The normalized spacial score (nSPS) is 11.2. The lowest BCUT2D eigenvalue weighted by molar-refractivity contribution is -0.384. The van der Waals surface area contributed by atoms with Crippen molar-refractivity contribution >= 4 is 23.6 Å². The molecule has 0 radical (unpaired) electrons. The van der Waals surface area contributed by atoms with Crippen LogP contribution in [0.5, 0.6) is 0 Å². The number of benzene rings is 2. The number of rotatable bonds is 3. The summed E-state index contributed by atoms with van der Waals surface area (Å²) < 4.78 is 0. The molecular weight excluding hydrogens is 245 g/mol. The van der Waals surface area contributed by atoms with Crippen LogP contribution in [-0.2, 0) is 0 Å². The highest BCUT2D eigenvalue weighted by Gasteiger charge is 2.31. The summed E-state index contributed by atoms with van der Waals surface area (Å²) >= 11 is 0. The van der Waals surface area contributed by atoms with Gasteiger partial charge in [-0.05, 0) is 24.3 Å². The Morgan fingerprint density at radius 1 is 0.889 bits per heavy atom. The van der Waals surface area contributed by atoms with Crippen LogP contribution in [0.15, 0.2) is 54.6 Å². The summed E-state index contributed by atoms with van der Waals surface area (Å²) in [5, 5.41) is 13.1. The van der Waals surface area contributed by atoms with E-state index in [2.05, 4.69) is 25.5 Å². The number of hydrogen-bond donors (Lipinski definition) is 0. The van der Waals surface area contributed by atoms with Gasteiger partial charge in [0.25, 0.3) is 5.69 Å². The molecule has 0 aliphatic heterocycles. The van der Waals surface area contributed by atoms with E-state index in [1.165, 1.54) is 10.6 Å². The topological polar surface area (TPSA) is 43.1 Å². The molecule has 0 saturated carbocycles. The van der Waals surface area contributed by atoms with Gasteiger partial charge in [-0.25, -0.2) is 0 Å². The number of non-ortho nitro benzene ring substituents is 1. The Morgan fingerprint density at radius 2 is 1.39 bits per heavy atom. The molecule has 0 aromatic heterocycles. The summed E-state index contributed by atoms with van der Waals surface area (Å²) in [6, 6.07) is 17.2. The largest absolute Gasteiger partial charge is 0.269 e. The number of nitro groups is 1. The average molecular weight is 260 g/mol. The summed E-state index contributed by atoms with van der Waals surface area (Å²) in [7, 11) is -1.42. The van der Waals surface area contributed by atoms with E-state index in [-0.39, 0.29) is 10.6 Å². The maximum atomic E-state index is 10.6. The van der Waals surface area contributed by atoms with Crippen molar-refractivity contribution in [3.63, 3.8) is 0 Å². The van der Waals surface area contributed by atoms with Crippen LogP contribution in [0.25, 0.3) is 0 Å². The molecular formula is C14H15NO2P+. The molecule has 3 nitrogen and oxygen atoms in total. The average Bonchev–Trinajstić information content (AvgIpc) is 2.40. The van der Waals surface area contributed by atoms with E-state index in [1.54, 1.807) is 12.1 Å². The first-order valence-electron chi connectivity index (χ1n) is 5.66. The molecule has 0 N–H and O–H groups in total. The first-order chi connectivity index (χ1) is 8.51. The Balaban J connectivity index is 2.39.